The van der Waals surface area contributed by atoms with E-state index in [1.54, 1.807) is 24.3 Å². The third kappa shape index (κ3) is 7.41. The van der Waals surface area contributed by atoms with Gasteiger partial charge in [0.25, 0.3) is 0 Å². The van der Waals surface area contributed by atoms with Crippen LogP contribution < -0.4 is 5.32 Å². The number of benzene rings is 1. The average Bonchev–Trinajstić information content (AvgIpc) is 2.52. The van der Waals surface area contributed by atoms with Crippen LogP contribution >= 0.6 is 0 Å². The van der Waals surface area contributed by atoms with E-state index in [0.717, 1.165) is 25.9 Å². The highest BCUT2D eigenvalue weighted by Crippen LogP contribution is 2.18. The van der Waals surface area contributed by atoms with Crippen LogP contribution in [0.25, 0.3) is 0 Å². The van der Waals surface area contributed by atoms with Gasteiger partial charge in [-0.2, -0.15) is 0 Å². The van der Waals surface area contributed by atoms with Crippen molar-refractivity contribution in [1.82, 2.24) is 5.32 Å². The molecule has 0 saturated carbocycles. The van der Waals surface area contributed by atoms with Gasteiger partial charge >= 0.3 is 6.09 Å². The van der Waals surface area contributed by atoms with E-state index in [1.165, 1.54) is 0 Å². The first-order valence-corrected chi connectivity index (χ1v) is 7.17. The van der Waals surface area contributed by atoms with Gasteiger partial charge in [-0.1, -0.05) is 31.5 Å². The Bertz CT molecular complexity index is 437. The smallest absolute Gasteiger partial charge is 0.407 e. The summed E-state index contributed by atoms with van der Waals surface area (Å²) in [5.74, 6) is 0. The number of nitroso groups, excluding NO2 is 1. The summed E-state index contributed by atoms with van der Waals surface area (Å²) in [5.41, 5.74) is 0.875. The number of rotatable bonds is 10. The molecular weight excluding hydrogens is 272 g/mol. The van der Waals surface area contributed by atoms with Crippen LogP contribution in [0.4, 0.5) is 10.5 Å². The summed E-state index contributed by atoms with van der Waals surface area (Å²) in [5, 5.41) is 5.51. The Morgan fingerprint density at radius 2 is 2.00 bits per heavy atom. The normalized spacial score (nSPS) is 10.1. The van der Waals surface area contributed by atoms with Gasteiger partial charge in [0, 0.05) is 25.3 Å². The molecule has 0 spiro atoms. The van der Waals surface area contributed by atoms with E-state index in [9.17, 15) is 9.70 Å². The lowest BCUT2D eigenvalue weighted by Gasteiger charge is -2.08. The van der Waals surface area contributed by atoms with E-state index in [4.69, 9.17) is 9.47 Å². The van der Waals surface area contributed by atoms with Gasteiger partial charge in [-0.05, 0) is 24.1 Å². The summed E-state index contributed by atoms with van der Waals surface area (Å²) >= 11 is 0. The molecule has 0 heterocycles. The topological polar surface area (TPSA) is 77.0 Å². The maximum atomic E-state index is 11.5. The van der Waals surface area contributed by atoms with Crippen LogP contribution in [0.1, 0.15) is 31.7 Å². The lowest BCUT2D eigenvalue weighted by molar-refractivity contribution is 0.123. The number of unbranched alkanes of at least 4 members (excludes halogenated alkanes) is 1. The highest BCUT2D eigenvalue weighted by Gasteiger charge is 2.06. The summed E-state index contributed by atoms with van der Waals surface area (Å²) in [6.45, 7) is 4.02. The van der Waals surface area contributed by atoms with Crippen molar-refractivity contribution in [1.29, 1.82) is 0 Å². The molecule has 0 aliphatic rings. The van der Waals surface area contributed by atoms with Crippen LogP contribution in [0.5, 0.6) is 0 Å². The molecule has 0 fully saturated rings. The standard InChI is InChI=1S/C15H22N2O4/c1-2-3-10-20-11-6-9-16-15(18)21-12-13-7-4-5-8-14(13)17-19/h4-5,7-8H,2-3,6,9-12H2,1H3,(H,16,18). The summed E-state index contributed by atoms with van der Waals surface area (Å²) in [6.07, 6.45) is 2.40. The van der Waals surface area contributed by atoms with Crippen molar-refractivity contribution in [2.24, 2.45) is 5.18 Å². The molecule has 0 unspecified atom stereocenters. The molecule has 1 rings (SSSR count). The van der Waals surface area contributed by atoms with Crippen molar-refractivity contribution in [3.8, 4) is 0 Å². The number of nitrogens with zero attached hydrogens (tertiary/aromatic N) is 1. The number of carbonyl (C=O) groups excluding carboxylic acids is 1. The van der Waals surface area contributed by atoms with Crippen LogP contribution in [0.3, 0.4) is 0 Å². The Morgan fingerprint density at radius 1 is 1.24 bits per heavy atom. The third-order valence-electron chi connectivity index (χ3n) is 2.83. The number of ether oxygens (including phenoxy) is 2. The van der Waals surface area contributed by atoms with Crippen molar-refractivity contribution in [2.75, 3.05) is 19.8 Å². The molecule has 1 aromatic rings. The predicted molar refractivity (Wildman–Crippen MR) is 80.4 cm³/mol. The van der Waals surface area contributed by atoms with Gasteiger partial charge in [0.2, 0.25) is 0 Å². The van der Waals surface area contributed by atoms with Gasteiger partial charge < -0.3 is 14.8 Å². The van der Waals surface area contributed by atoms with Crippen molar-refractivity contribution >= 4 is 11.8 Å². The molecule has 1 N–H and O–H groups in total. The lowest BCUT2D eigenvalue weighted by Crippen LogP contribution is -2.26. The fourth-order valence-corrected chi connectivity index (χ4v) is 1.63. The largest absolute Gasteiger partial charge is 0.445 e. The van der Waals surface area contributed by atoms with Crippen molar-refractivity contribution < 1.29 is 14.3 Å². The van der Waals surface area contributed by atoms with Crippen molar-refractivity contribution in [3.63, 3.8) is 0 Å². The van der Waals surface area contributed by atoms with E-state index >= 15 is 0 Å². The summed E-state index contributed by atoms with van der Waals surface area (Å²) in [4.78, 5) is 22.0. The minimum absolute atomic E-state index is 0.0285. The number of hydrogen-bond acceptors (Lipinski definition) is 5. The molecule has 1 aromatic carbocycles. The zero-order chi connectivity index (χ0) is 15.3. The number of alkyl carbamates (subject to hydrolysis) is 1. The fraction of sp³-hybridized carbons (Fsp3) is 0.533. The molecule has 116 valence electrons. The highest BCUT2D eigenvalue weighted by molar-refractivity contribution is 5.67. The summed E-state index contributed by atoms with van der Waals surface area (Å²) < 4.78 is 10.4. The molecule has 21 heavy (non-hydrogen) atoms. The zero-order valence-corrected chi connectivity index (χ0v) is 12.3. The maximum absolute atomic E-state index is 11.5. The Labute approximate surface area is 124 Å². The zero-order valence-electron chi connectivity index (χ0n) is 12.3. The molecule has 6 nitrogen and oxygen atoms in total. The van der Waals surface area contributed by atoms with Crippen LogP contribution in [0.15, 0.2) is 29.4 Å². The molecule has 0 aliphatic carbocycles. The summed E-state index contributed by atoms with van der Waals surface area (Å²) in [6, 6.07) is 6.75. The highest BCUT2D eigenvalue weighted by atomic mass is 16.5. The monoisotopic (exact) mass is 294 g/mol. The maximum Gasteiger partial charge on any atom is 0.407 e. The number of amides is 1. The number of carbonyl (C=O) groups is 1. The number of hydrogen-bond donors (Lipinski definition) is 1. The lowest BCUT2D eigenvalue weighted by atomic mass is 10.2. The van der Waals surface area contributed by atoms with Gasteiger partial charge in [-0.25, -0.2) is 4.79 Å². The predicted octanol–water partition coefficient (Wildman–Crippen LogP) is 3.52. The van der Waals surface area contributed by atoms with Crippen LogP contribution in [0, 0.1) is 4.91 Å². The second kappa shape index (κ2) is 10.8. The molecule has 1 amide bonds. The Morgan fingerprint density at radius 3 is 2.76 bits per heavy atom. The molecule has 0 bridgehead atoms. The first kappa shape index (κ1) is 17.1. The first-order chi connectivity index (χ1) is 10.3. The first-order valence-electron chi connectivity index (χ1n) is 7.17. The molecule has 6 heteroatoms. The molecule has 0 saturated heterocycles. The van der Waals surface area contributed by atoms with Gasteiger partial charge in [0.15, 0.2) is 0 Å². The fourth-order valence-electron chi connectivity index (χ4n) is 1.63. The van der Waals surface area contributed by atoms with Gasteiger partial charge in [-0.3, -0.25) is 0 Å². The molecular formula is C15H22N2O4. The van der Waals surface area contributed by atoms with E-state index in [1.807, 2.05) is 0 Å². The second-order valence-electron chi connectivity index (χ2n) is 4.54. The molecule has 0 aromatic heterocycles. The van der Waals surface area contributed by atoms with Crippen molar-refractivity contribution in [3.05, 3.63) is 34.7 Å². The van der Waals surface area contributed by atoms with Crippen molar-refractivity contribution in [2.45, 2.75) is 32.8 Å². The third-order valence-corrected chi connectivity index (χ3v) is 2.83. The Kier molecular flexibility index (Phi) is 8.79. The Balaban J connectivity index is 2.12. The second-order valence-corrected chi connectivity index (χ2v) is 4.54. The quantitative estimate of drug-likeness (QED) is 0.529. The van der Waals surface area contributed by atoms with Gasteiger partial charge in [-0.15, -0.1) is 4.91 Å². The Hall–Kier alpha value is -1.95. The van der Waals surface area contributed by atoms with Crippen LogP contribution in [-0.4, -0.2) is 25.9 Å². The van der Waals surface area contributed by atoms with E-state index < -0.39 is 6.09 Å². The average molecular weight is 294 g/mol. The SMILES string of the molecule is CCCCOCCCNC(=O)OCc1ccccc1N=O. The molecule has 0 radical (unpaired) electrons. The molecule has 0 atom stereocenters. The van der Waals surface area contributed by atoms with Gasteiger partial charge in [0.05, 0.1) is 0 Å². The van der Waals surface area contributed by atoms with Crippen LogP contribution in [-0.2, 0) is 16.1 Å². The van der Waals surface area contributed by atoms with E-state index in [0.29, 0.717) is 18.7 Å². The number of nitrogens with one attached hydrogen (secondary N) is 1. The summed E-state index contributed by atoms with van der Waals surface area (Å²) in [7, 11) is 0. The minimum Gasteiger partial charge on any atom is -0.445 e. The molecule has 0 aliphatic heterocycles. The van der Waals surface area contributed by atoms with Crippen LogP contribution in [0.2, 0.25) is 0 Å². The van der Waals surface area contributed by atoms with Gasteiger partial charge in [0.1, 0.15) is 12.3 Å². The minimum atomic E-state index is -0.510. The van der Waals surface area contributed by atoms with E-state index in [-0.39, 0.29) is 12.3 Å². The van der Waals surface area contributed by atoms with E-state index in [2.05, 4.69) is 17.4 Å².